The van der Waals surface area contributed by atoms with E-state index >= 15 is 0 Å². The Hall–Kier alpha value is -1.06. The molecule has 0 bridgehead atoms. The van der Waals surface area contributed by atoms with E-state index in [1.807, 2.05) is 18.2 Å². The summed E-state index contributed by atoms with van der Waals surface area (Å²) in [6.07, 6.45) is 4.10. The van der Waals surface area contributed by atoms with Crippen LogP contribution in [0.2, 0.25) is 0 Å². The molecule has 1 rings (SSSR count). The van der Waals surface area contributed by atoms with Gasteiger partial charge in [-0.3, -0.25) is 4.90 Å². The van der Waals surface area contributed by atoms with Gasteiger partial charge in [-0.05, 0) is 38.6 Å². The monoisotopic (exact) mass is 209 g/mol. The number of unbranched alkanes of at least 4 members (excludes halogenated alkanes) is 1. The van der Waals surface area contributed by atoms with Crippen molar-refractivity contribution in [3.8, 4) is 0 Å². The molecule has 0 aromatic carbocycles. The molecule has 1 N–H and O–H groups in total. The molecule has 0 atom stereocenters. The van der Waals surface area contributed by atoms with Crippen molar-refractivity contribution < 1.29 is 9.52 Å². The summed E-state index contributed by atoms with van der Waals surface area (Å²) in [5.41, 5.74) is 0. The molecule has 0 amide bonds. The van der Waals surface area contributed by atoms with Gasteiger partial charge in [-0.25, -0.2) is 0 Å². The number of nitrogens with zero attached hydrogens (tertiary/aromatic N) is 1. The predicted octanol–water partition coefficient (Wildman–Crippen LogP) is 2.17. The predicted molar refractivity (Wildman–Crippen MR) is 60.4 cm³/mol. The highest BCUT2D eigenvalue weighted by molar-refractivity contribution is 5.06. The van der Waals surface area contributed by atoms with E-state index in [2.05, 4.69) is 18.5 Å². The molecule has 1 aromatic heterocycles. The van der Waals surface area contributed by atoms with Gasteiger partial charge >= 0.3 is 0 Å². The Morgan fingerprint density at radius 1 is 1.47 bits per heavy atom. The van der Waals surface area contributed by atoms with Gasteiger partial charge in [-0.1, -0.05) is 6.08 Å². The van der Waals surface area contributed by atoms with Crippen molar-refractivity contribution in [2.45, 2.75) is 26.0 Å². The fourth-order valence-electron chi connectivity index (χ4n) is 1.44. The Balaban J connectivity index is 2.30. The number of allylic oxidation sites excluding steroid dienone is 1. The summed E-state index contributed by atoms with van der Waals surface area (Å²) in [6, 6.07) is 3.72. The van der Waals surface area contributed by atoms with Gasteiger partial charge in [0.05, 0.1) is 6.54 Å². The van der Waals surface area contributed by atoms with Crippen molar-refractivity contribution in [1.82, 2.24) is 4.90 Å². The number of rotatable bonds is 7. The molecule has 84 valence electrons. The van der Waals surface area contributed by atoms with Crippen LogP contribution in [0, 0.1) is 0 Å². The third kappa shape index (κ3) is 4.32. The average molecular weight is 209 g/mol. The lowest BCUT2D eigenvalue weighted by Gasteiger charge is -2.13. The number of hydrogen-bond acceptors (Lipinski definition) is 3. The standard InChI is InChI=1S/C12H19NO2/c1-3-4-5-8-13(2)9-11-6-7-12(10-14)15-11/h3,6-7,14H,1,4-5,8-10H2,2H3. The van der Waals surface area contributed by atoms with Crippen LogP contribution < -0.4 is 0 Å². The van der Waals surface area contributed by atoms with E-state index in [9.17, 15) is 0 Å². The fourth-order valence-corrected chi connectivity index (χ4v) is 1.44. The molecule has 3 heteroatoms. The summed E-state index contributed by atoms with van der Waals surface area (Å²) in [5, 5.41) is 8.84. The van der Waals surface area contributed by atoms with Gasteiger partial charge in [0.15, 0.2) is 0 Å². The van der Waals surface area contributed by atoms with Crippen LogP contribution in [0.4, 0.5) is 0 Å². The first-order valence-corrected chi connectivity index (χ1v) is 5.24. The number of furan rings is 1. The molecule has 0 saturated carbocycles. The van der Waals surface area contributed by atoms with Crippen LogP contribution in [0.1, 0.15) is 24.4 Å². The lowest BCUT2D eigenvalue weighted by molar-refractivity contribution is 0.232. The molecule has 0 aliphatic heterocycles. The maximum atomic E-state index is 8.84. The summed E-state index contributed by atoms with van der Waals surface area (Å²) in [5.74, 6) is 1.53. The second-order valence-corrected chi connectivity index (χ2v) is 3.69. The van der Waals surface area contributed by atoms with E-state index in [4.69, 9.17) is 9.52 Å². The normalized spacial score (nSPS) is 10.9. The van der Waals surface area contributed by atoms with Crippen LogP contribution in [0.15, 0.2) is 29.2 Å². The van der Waals surface area contributed by atoms with E-state index in [1.165, 1.54) is 0 Å². The highest BCUT2D eigenvalue weighted by Crippen LogP contribution is 2.10. The first kappa shape index (κ1) is 12.0. The molecule has 1 heterocycles. The fraction of sp³-hybridized carbons (Fsp3) is 0.500. The molecule has 0 unspecified atom stereocenters. The zero-order chi connectivity index (χ0) is 11.1. The van der Waals surface area contributed by atoms with Gasteiger partial charge < -0.3 is 9.52 Å². The average Bonchev–Trinajstić information content (AvgIpc) is 2.66. The molecule has 0 aliphatic carbocycles. The SMILES string of the molecule is C=CCCCN(C)Cc1ccc(CO)o1. The zero-order valence-electron chi connectivity index (χ0n) is 9.28. The van der Waals surface area contributed by atoms with Crippen LogP contribution in [0.25, 0.3) is 0 Å². The summed E-state index contributed by atoms with van der Waals surface area (Å²) >= 11 is 0. The Morgan fingerprint density at radius 2 is 2.20 bits per heavy atom. The van der Waals surface area contributed by atoms with E-state index in [-0.39, 0.29) is 6.61 Å². The number of hydrogen-bond donors (Lipinski definition) is 1. The first-order chi connectivity index (χ1) is 7.26. The van der Waals surface area contributed by atoms with Crippen LogP contribution in [-0.2, 0) is 13.2 Å². The third-order valence-electron chi connectivity index (χ3n) is 2.25. The smallest absolute Gasteiger partial charge is 0.129 e. The minimum atomic E-state index is -0.0276. The van der Waals surface area contributed by atoms with E-state index in [0.29, 0.717) is 5.76 Å². The van der Waals surface area contributed by atoms with Crippen LogP contribution in [0.3, 0.4) is 0 Å². The second kappa shape index (κ2) is 6.43. The van der Waals surface area contributed by atoms with E-state index in [0.717, 1.165) is 31.7 Å². The lowest BCUT2D eigenvalue weighted by atomic mass is 10.3. The molecule has 0 spiro atoms. The van der Waals surface area contributed by atoms with Crippen molar-refractivity contribution >= 4 is 0 Å². The Kier molecular flexibility index (Phi) is 5.15. The Bertz CT molecular complexity index is 294. The lowest BCUT2D eigenvalue weighted by Crippen LogP contribution is -2.18. The van der Waals surface area contributed by atoms with Crippen molar-refractivity contribution in [2.24, 2.45) is 0 Å². The zero-order valence-corrected chi connectivity index (χ0v) is 9.28. The maximum Gasteiger partial charge on any atom is 0.129 e. The molecule has 15 heavy (non-hydrogen) atoms. The third-order valence-corrected chi connectivity index (χ3v) is 2.25. The Labute approximate surface area is 91.0 Å². The van der Waals surface area contributed by atoms with Crippen LogP contribution in [-0.4, -0.2) is 23.6 Å². The van der Waals surface area contributed by atoms with Crippen molar-refractivity contribution in [3.05, 3.63) is 36.3 Å². The minimum Gasteiger partial charge on any atom is -0.462 e. The second-order valence-electron chi connectivity index (χ2n) is 3.69. The molecule has 0 radical (unpaired) electrons. The maximum absolute atomic E-state index is 8.84. The summed E-state index contributed by atoms with van der Waals surface area (Å²) < 4.78 is 5.40. The van der Waals surface area contributed by atoms with E-state index in [1.54, 1.807) is 0 Å². The van der Waals surface area contributed by atoms with Crippen LogP contribution >= 0.6 is 0 Å². The van der Waals surface area contributed by atoms with Crippen molar-refractivity contribution in [3.63, 3.8) is 0 Å². The van der Waals surface area contributed by atoms with Crippen molar-refractivity contribution in [1.29, 1.82) is 0 Å². The number of aliphatic hydroxyl groups excluding tert-OH is 1. The van der Waals surface area contributed by atoms with Gasteiger partial charge in [-0.2, -0.15) is 0 Å². The highest BCUT2D eigenvalue weighted by Gasteiger charge is 2.04. The van der Waals surface area contributed by atoms with E-state index < -0.39 is 0 Å². The molecule has 0 fully saturated rings. The van der Waals surface area contributed by atoms with Gasteiger partial charge in [0, 0.05) is 0 Å². The topological polar surface area (TPSA) is 36.6 Å². The highest BCUT2D eigenvalue weighted by atomic mass is 16.4. The van der Waals surface area contributed by atoms with Gasteiger partial charge in [0.1, 0.15) is 18.1 Å². The molecule has 0 saturated heterocycles. The summed E-state index contributed by atoms with van der Waals surface area (Å²) in [6.45, 7) is 5.48. The van der Waals surface area contributed by atoms with Crippen LogP contribution in [0.5, 0.6) is 0 Å². The minimum absolute atomic E-state index is 0.0276. The molecule has 1 aromatic rings. The van der Waals surface area contributed by atoms with Gasteiger partial charge in [0.25, 0.3) is 0 Å². The largest absolute Gasteiger partial charge is 0.462 e. The first-order valence-electron chi connectivity index (χ1n) is 5.24. The quantitative estimate of drug-likeness (QED) is 0.552. The summed E-state index contributed by atoms with van der Waals surface area (Å²) in [7, 11) is 2.06. The molecule has 0 aliphatic rings. The number of aliphatic hydroxyl groups is 1. The summed E-state index contributed by atoms with van der Waals surface area (Å²) in [4.78, 5) is 2.20. The molecule has 3 nitrogen and oxygen atoms in total. The van der Waals surface area contributed by atoms with Crippen molar-refractivity contribution in [2.75, 3.05) is 13.6 Å². The molecular formula is C12H19NO2. The van der Waals surface area contributed by atoms with Gasteiger partial charge in [-0.15, -0.1) is 6.58 Å². The molecular weight excluding hydrogens is 190 g/mol. The Morgan fingerprint density at radius 3 is 2.80 bits per heavy atom. The van der Waals surface area contributed by atoms with Gasteiger partial charge in [0.2, 0.25) is 0 Å².